The maximum absolute atomic E-state index is 6.40. The van der Waals surface area contributed by atoms with E-state index in [-0.39, 0.29) is 18.9 Å². The Morgan fingerprint density at radius 2 is 1.77 bits per heavy atom. The second-order valence-electron chi connectivity index (χ2n) is 8.02. The van der Waals surface area contributed by atoms with Gasteiger partial charge in [-0.2, -0.15) is 0 Å². The van der Waals surface area contributed by atoms with Crippen molar-refractivity contribution in [2.75, 3.05) is 41.7 Å². The van der Waals surface area contributed by atoms with E-state index < -0.39 is 0 Å². The second kappa shape index (κ2) is 7.27. The van der Waals surface area contributed by atoms with Crippen LogP contribution in [0, 0.1) is 6.92 Å². The van der Waals surface area contributed by atoms with Gasteiger partial charge in [0.15, 0.2) is 23.0 Å². The van der Waals surface area contributed by atoms with Gasteiger partial charge in [-0.25, -0.2) is 0 Å². The molecule has 31 heavy (non-hydrogen) atoms. The largest absolute Gasteiger partial charge is 0.493 e. The topological polar surface area (TPSA) is 58.6 Å². The van der Waals surface area contributed by atoms with E-state index in [4.69, 9.17) is 28.4 Å². The third-order valence-electron chi connectivity index (χ3n) is 6.59. The number of methoxy groups -OCH3 is 3. The van der Waals surface area contributed by atoms with Crippen molar-refractivity contribution in [3.63, 3.8) is 0 Å². The minimum Gasteiger partial charge on any atom is -0.493 e. The lowest BCUT2D eigenvalue weighted by Gasteiger charge is -2.39. The normalized spacial score (nSPS) is 21.4. The van der Waals surface area contributed by atoms with Gasteiger partial charge < -0.3 is 28.4 Å². The highest BCUT2D eigenvalue weighted by molar-refractivity contribution is 5.75. The number of nitrogens with zero attached hydrogens (tertiary/aromatic N) is 1. The van der Waals surface area contributed by atoms with E-state index >= 15 is 0 Å². The fourth-order valence-corrected chi connectivity index (χ4v) is 5.17. The van der Waals surface area contributed by atoms with Crippen LogP contribution >= 0.6 is 0 Å². The molecular formula is C24H27NO6. The Kier molecular flexibility index (Phi) is 4.66. The molecule has 7 heteroatoms. The number of rotatable bonds is 4. The summed E-state index contributed by atoms with van der Waals surface area (Å²) in [6, 6.07) is 3.86. The zero-order valence-electron chi connectivity index (χ0n) is 18.5. The summed E-state index contributed by atoms with van der Waals surface area (Å²) in [5.41, 5.74) is 5.28. The minimum absolute atomic E-state index is 0.0944. The molecule has 0 aliphatic carbocycles. The fourth-order valence-electron chi connectivity index (χ4n) is 5.17. The van der Waals surface area contributed by atoms with Crippen molar-refractivity contribution in [3.8, 4) is 28.7 Å². The molecule has 0 radical (unpaired) electrons. The van der Waals surface area contributed by atoms with E-state index in [1.165, 1.54) is 5.56 Å². The minimum atomic E-state index is -0.278. The van der Waals surface area contributed by atoms with E-state index in [1.54, 1.807) is 21.3 Å². The zero-order valence-corrected chi connectivity index (χ0v) is 18.5. The number of hydrogen-bond acceptors (Lipinski definition) is 7. The Labute approximate surface area is 182 Å². The Bertz CT molecular complexity index is 1080. The van der Waals surface area contributed by atoms with Gasteiger partial charge in [0.25, 0.3) is 0 Å². The first kappa shape index (κ1) is 19.9. The SMILES string of the molecule is C=C1O[C@@H]([C@H]2c3c(c(C)c4c(c3OC)OCO4)CCN2C)c2ccc(OC)c(OC)c21. The van der Waals surface area contributed by atoms with Gasteiger partial charge in [-0.05, 0) is 37.6 Å². The van der Waals surface area contributed by atoms with Crippen LogP contribution in [-0.4, -0.2) is 46.6 Å². The first-order chi connectivity index (χ1) is 15.0. The first-order valence-corrected chi connectivity index (χ1v) is 10.3. The van der Waals surface area contributed by atoms with Gasteiger partial charge in [0, 0.05) is 17.7 Å². The third-order valence-corrected chi connectivity index (χ3v) is 6.59. The van der Waals surface area contributed by atoms with Gasteiger partial charge in [-0.1, -0.05) is 12.6 Å². The molecule has 2 aromatic rings. The van der Waals surface area contributed by atoms with Crippen LogP contribution in [0.2, 0.25) is 0 Å². The highest BCUT2D eigenvalue weighted by atomic mass is 16.7. The fraction of sp³-hybridized carbons (Fsp3) is 0.417. The van der Waals surface area contributed by atoms with Gasteiger partial charge in [0.1, 0.15) is 11.9 Å². The van der Waals surface area contributed by atoms with E-state index in [9.17, 15) is 0 Å². The number of ether oxygens (including phenoxy) is 6. The molecule has 0 amide bonds. The van der Waals surface area contributed by atoms with Crippen LogP contribution in [0.5, 0.6) is 28.7 Å². The summed E-state index contributed by atoms with van der Waals surface area (Å²) in [4.78, 5) is 2.30. The Balaban J connectivity index is 1.72. The van der Waals surface area contributed by atoms with Crippen molar-refractivity contribution >= 4 is 5.76 Å². The Morgan fingerprint density at radius 3 is 2.48 bits per heavy atom. The van der Waals surface area contributed by atoms with Crippen molar-refractivity contribution < 1.29 is 28.4 Å². The van der Waals surface area contributed by atoms with Crippen molar-refractivity contribution in [2.45, 2.75) is 25.5 Å². The molecule has 0 N–H and O–H groups in total. The molecule has 3 aliphatic rings. The molecule has 0 spiro atoms. The van der Waals surface area contributed by atoms with Gasteiger partial charge in [0.2, 0.25) is 12.5 Å². The molecule has 164 valence electrons. The van der Waals surface area contributed by atoms with Crippen molar-refractivity contribution in [1.29, 1.82) is 0 Å². The Hall–Kier alpha value is -3.06. The molecule has 0 saturated carbocycles. The molecule has 3 heterocycles. The lowest BCUT2D eigenvalue weighted by Crippen LogP contribution is -2.36. The maximum Gasteiger partial charge on any atom is 0.231 e. The van der Waals surface area contributed by atoms with Gasteiger partial charge in [-0.3, -0.25) is 4.90 Å². The summed E-state index contributed by atoms with van der Waals surface area (Å²) in [7, 11) is 7.04. The quantitative estimate of drug-likeness (QED) is 0.733. The molecule has 3 aliphatic heterocycles. The van der Waals surface area contributed by atoms with E-state index in [0.717, 1.165) is 41.0 Å². The summed E-state index contributed by atoms with van der Waals surface area (Å²) in [6.07, 6.45) is 0.619. The predicted molar refractivity (Wildman–Crippen MR) is 115 cm³/mol. The number of benzene rings is 2. The molecule has 0 unspecified atom stereocenters. The molecule has 0 fully saturated rings. The van der Waals surface area contributed by atoms with Gasteiger partial charge >= 0.3 is 0 Å². The molecule has 0 bridgehead atoms. The smallest absolute Gasteiger partial charge is 0.231 e. The standard InChI is InChI=1S/C24H27NO6/c1-12-14-9-10-25(3)19(18(14)23(28-6)24-20(12)29-11-30-24)21-15-7-8-16(26-4)22(27-5)17(15)13(2)31-21/h7-8,19,21H,2,9-11H2,1,3-6H3/t19-,21-/m1/s1. The second-order valence-corrected chi connectivity index (χ2v) is 8.02. The first-order valence-electron chi connectivity index (χ1n) is 10.3. The third kappa shape index (κ3) is 2.69. The number of fused-ring (bicyclic) bond motifs is 3. The van der Waals surface area contributed by atoms with Gasteiger partial charge in [-0.15, -0.1) is 0 Å². The predicted octanol–water partition coefficient (Wildman–Crippen LogP) is 4.02. The van der Waals surface area contributed by atoms with Crippen LogP contribution < -0.4 is 23.7 Å². The van der Waals surface area contributed by atoms with Crippen molar-refractivity contribution in [2.24, 2.45) is 0 Å². The van der Waals surface area contributed by atoms with E-state index in [2.05, 4.69) is 25.5 Å². The molecule has 2 aromatic carbocycles. The molecule has 7 nitrogen and oxygen atoms in total. The summed E-state index contributed by atoms with van der Waals surface area (Å²) < 4.78 is 35.0. The lowest BCUT2D eigenvalue weighted by molar-refractivity contribution is 0.0638. The van der Waals surface area contributed by atoms with E-state index in [0.29, 0.717) is 28.8 Å². The zero-order chi connectivity index (χ0) is 21.9. The van der Waals surface area contributed by atoms with Crippen molar-refractivity contribution in [1.82, 2.24) is 4.90 Å². The monoisotopic (exact) mass is 425 g/mol. The van der Waals surface area contributed by atoms with Crippen LogP contribution in [0.3, 0.4) is 0 Å². The van der Waals surface area contributed by atoms with E-state index in [1.807, 2.05) is 12.1 Å². The number of hydrogen-bond donors (Lipinski definition) is 0. The average molecular weight is 425 g/mol. The highest BCUT2D eigenvalue weighted by Gasteiger charge is 2.45. The van der Waals surface area contributed by atoms with Crippen LogP contribution in [-0.2, 0) is 11.2 Å². The number of likely N-dealkylation sites (N-methyl/N-ethyl adjacent to an activating group) is 1. The molecule has 0 aromatic heterocycles. The summed E-state index contributed by atoms with van der Waals surface area (Å²) >= 11 is 0. The Morgan fingerprint density at radius 1 is 1.03 bits per heavy atom. The van der Waals surface area contributed by atoms with Crippen LogP contribution in [0.4, 0.5) is 0 Å². The van der Waals surface area contributed by atoms with Crippen LogP contribution in [0.1, 0.15) is 40.0 Å². The van der Waals surface area contributed by atoms with Gasteiger partial charge in [0.05, 0.1) is 32.9 Å². The summed E-state index contributed by atoms with van der Waals surface area (Å²) in [6.45, 7) is 7.35. The summed E-state index contributed by atoms with van der Waals surface area (Å²) in [5.74, 6) is 4.03. The average Bonchev–Trinajstić information content (AvgIpc) is 3.39. The maximum atomic E-state index is 6.40. The summed E-state index contributed by atoms with van der Waals surface area (Å²) in [5, 5.41) is 0. The van der Waals surface area contributed by atoms with Crippen LogP contribution in [0.25, 0.3) is 5.76 Å². The molecule has 2 atom stereocenters. The highest BCUT2D eigenvalue weighted by Crippen LogP contribution is 2.58. The lowest BCUT2D eigenvalue weighted by atomic mass is 9.83. The molecular weight excluding hydrogens is 398 g/mol. The molecule has 5 rings (SSSR count). The molecule has 0 saturated heterocycles. The van der Waals surface area contributed by atoms with Crippen molar-refractivity contribution in [3.05, 3.63) is 46.5 Å². The van der Waals surface area contributed by atoms with Crippen LogP contribution in [0.15, 0.2) is 18.7 Å².